The largest absolute Gasteiger partial charge is 0.494 e. The van der Waals surface area contributed by atoms with Crippen molar-refractivity contribution in [2.75, 3.05) is 6.61 Å². The zero-order valence-corrected chi connectivity index (χ0v) is 11.0. The van der Waals surface area contributed by atoms with E-state index in [4.69, 9.17) is 9.84 Å². The molecular formula is C13H13NO3S. The summed E-state index contributed by atoms with van der Waals surface area (Å²) in [5.41, 5.74) is 0.926. The number of thiazole rings is 1. The van der Waals surface area contributed by atoms with Gasteiger partial charge in [0, 0.05) is 0 Å². The zero-order valence-electron chi connectivity index (χ0n) is 10.1. The van der Waals surface area contributed by atoms with Crippen LogP contribution in [0.25, 0.3) is 10.4 Å². The fourth-order valence-corrected chi connectivity index (χ4v) is 2.57. The van der Waals surface area contributed by atoms with Crippen LogP contribution in [0.5, 0.6) is 5.75 Å². The Morgan fingerprint density at radius 1 is 1.50 bits per heavy atom. The molecule has 0 aliphatic carbocycles. The molecule has 2 rings (SSSR count). The Balaban J connectivity index is 2.47. The summed E-state index contributed by atoms with van der Waals surface area (Å²) in [6.45, 7) is 4.29. The Labute approximate surface area is 109 Å². The number of carboxylic acids is 1. The number of aryl methyl sites for hydroxylation is 1. The number of ether oxygens (including phenoxy) is 1. The minimum atomic E-state index is -1.00. The molecule has 1 N–H and O–H groups in total. The molecule has 4 nitrogen and oxygen atoms in total. The molecule has 5 heteroatoms. The lowest BCUT2D eigenvalue weighted by Gasteiger charge is -2.05. The van der Waals surface area contributed by atoms with Gasteiger partial charge in [0.15, 0.2) is 5.69 Å². The highest BCUT2D eigenvalue weighted by atomic mass is 32.1. The second-order valence-electron chi connectivity index (χ2n) is 3.68. The number of carboxylic acid groups (broad SMARTS) is 1. The molecule has 0 saturated carbocycles. The van der Waals surface area contributed by atoms with E-state index in [-0.39, 0.29) is 5.69 Å². The van der Waals surface area contributed by atoms with Crippen LogP contribution in [0.3, 0.4) is 0 Å². The molecule has 0 saturated heterocycles. The number of aromatic nitrogens is 1. The fraction of sp³-hybridized carbons (Fsp3) is 0.231. The van der Waals surface area contributed by atoms with Gasteiger partial charge in [0.1, 0.15) is 5.75 Å². The first-order valence-corrected chi connectivity index (χ1v) is 6.37. The number of hydrogen-bond donors (Lipinski definition) is 1. The van der Waals surface area contributed by atoms with Crippen molar-refractivity contribution in [3.05, 3.63) is 35.0 Å². The first kappa shape index (κ1) is 12.6. The normalized spacial score (nSPS) is 10.3. The van der Waals surface area contributed by atoms with Gasteiger partial charge in [-0.05, 0) is 31.5 Å². The first-order chi connectivity index (χ1) is 8.61. The molecular weight excluding hydrogens is 250 g/mol. The smallest absolute Gasteiger partial charge is 0.356 e. The molecule has 0 aliphatic rings. The van der Waals surface area contributed by atoms with Gasteiger partial charge in [-0.25, -0.2) is 9.78 Å². The molecule has 1 heterocycles. The van der Waals surface area contributed by atoms with Gasteiger partial charge in [-0.15, -0.1) is 11.3 Å². The molecule has 0 radical (unpaired) electrons. The highest BCUT2D eigenvalue weighted by molar-refractivity contribution is 7.15. The minimum Gasteiger partial charge on any atom is -0.494 e. The lowest BCUT2D eigenvalue weighted by molar-refractivity contribution is 0.0692. The molecule has 1 aromatic carbocycles. The van der Waals surface area contributed by atoms with E-state index >= 15 is 0 Å². The van der Waals surface area contributed by atoms with Crippen LogP contribution in [0.4, 0.5) is 0 Å². The summed E-state index contributed by atoms with van der Waals surface area (Å²) in [5, 5.41) is 9.87. The van der Waals surface area contributed by atoms with Crippen molar-refractivity contribution in [2.45, 2.75) is 13.8 Å². The van der Waals surface area contributed by atoms with Crippen molar-refractivity contribution in [3.63, 3.8) is 0 Å². The Bertz CT molecular complexity index is 577. The standard InChI is InChI=1S/C13H13NO3S/c1-3-17-10-6-4-5-9(7-10)12-11(13(15)16)14-8(2)18-12/h4-7H,3H2,1-2H3,(H,15,16). The number of hydrogen-bond acceptors (Lipinski definition) is 4. The average molecular weight is 263 g/mol. The zero-order chi connectivity index (χ0) is 13.1. The third-order valence-electron chi connectivity index (χ3n) is 2.34. The number of rotatable bonds is 4. The highest BCUT2D eigenvalue weighted by Crippen LogP contribution is 2.32. The van der Waals surface area contributed by atoms with Gasteiger partial charge in [-0.3, -0.25) is 0 Å². The van der Waals surface area contributed by atoms with Gasteiger partial charge < -0.3 is 9.84 Å². The van der Waals surface area contributed by atoms with E-state index < -0.39 is 5.97 Å². The number of benzene rings is 1. The third-order valence-corrected chi connectivity index (χ3v) is 3.36. The average Bonchev–Trinajstić information content (AvgIpc) is 2.72. The summed E-state index contributed by atoms with van der Waals surface area (Å²) < 4.78 is 5.41. The topological polar surface area (TPSA) is 59.4 Å². The van der Waals surface area contributed by atoms with Gasteiger partial charge in [-0.2, -0.15) is 0 Å². The minimum absolute atomic E-state index is 0.103. The van der Waals surface area contributed by atoms with E-state index in [1.165, 1.54) is 11.3 Å². The second kappa shape index (κ2) is 5.18. The molecule has 18 heavy (non-hydrogen) atoms. The predicted octanol–water partition coefficient (Wildman–Crippen LogP) is 3.22. The molecule has 0 unspecified atom stereocenters. The van der Waals surface area contributed by atoms with Gasteiger partial charge in [0.25, 0.3) is 0 Å². The van der Waals surface area contributed by atoms with Crippen LogP contribution in [0.2, 0.25) is 0 Å². The Kier molecular flexibility index (Phi) is 3.62. The van der Waals surface area contributed by atoms with E-state index in [1.54, 1.807) is 6.92 Å². The second-order valence-corrected chi connectivity index (χ2v) is 4.88. The molecule has 0 amide bonds. The Morgan fingerprint density at radius 2 is 2.28 bits per heavy atom. The van der Waals surface area contributed by atoms with E-state index in [2.05, 4.69) is 4.98 Å². The van der Waals surface area contributed by atoms with Crippen molar-refractivity contribution in [1.29, 1.82) is 0 Å². The maximum Gasteiger partial charge on any atom is 0.356 e. The number of carbonyl (C=O) groups is 1. The lowest BCUT2D eigenvalue weighted by atomic mass is 10.1. The molecule has 0 atom stereocenters. The predicted molar refractivity (Wildman–Crippen MR) is 70.4 cm³/mol. The fourth-order valence-electron chi connectivity index (χ4n) is 1.66. The van der Waals surface area contributed by atoms with Crippen LogP contribution in [0.15, 0.2) is 24.3 Å². The van der Waals surface area contributed by atoms with Crippen molar-refractivity contribution in [2.24, 2.45) is 0 Å². The first-order valence-electron chi connectivity index (χ1n) is 5.55. The summed E-state index contributed by atoms with van der Waals surface area (Å²) in [6, 6.07) is 7.40. The molecule has 0 fully saturated rings. The van der Waals surface area contributed by atoms with Crippen molar-refractivity contribution in [3.8, 4) is 16.2 Å². The quantitative estimate of drug-likeness (QED) is 0.920. The molecule has 0 spiro atoms. The summed E-state index contributed by atoms with van der Waals surface area (Å²) in [5.74, 6) is -0.270. The third kappa shape index (κ3) is 2.51. The Hall–Kier alpha value is -1.88. The molecule has 0 bridgehead atoms. The van der Waals surface area contributed by atoms with E-state index in [1.807, 2.05) is 31.2 Å². The maximum atomic E-state index is 11.1. The number of nitrogens with zero attached hydrogens (tertiary/aromatic N) is 1. The van der Waals surface area contributed by atoms with Crippen LogP contribution in [-0.4, -0.2) is 22.7 Å². The molecule has 94 valence electrons. The van der Waals surface area contributed by atoms with Crippen LogP contribution in [-0.2, 0) is 0 Å². The van der Waals surface area contributed by atoms with Gasteiger partial charge in [-0.1, -0.05) is 12.1 Å². The summed E-state index contributed by atoms with van der Waals surface area (Å²) in [4.78, 5) is 15.8. The summed E-state index contributed by atoms with van der Waals surface area (Å²) >= 11 is 1.38. The van der Waals surface area contributed by atoms with Crippen LogP contribution < -0.4 is 4.74 Å². The van der Waals surface area contributed by atoms with Crippen LogP contribution >= 0.6 is 11.3 Å². The monoisotopic (exact) mass is 263 g/mol. The van der Waals surface area contributed by atoms with Crippen LogP contribution in [0, 0.1) is 6.92 Å². The Morgan fingerprint density at radius 3 is 2.94 bits per heavy atom. The van der Waals surface area contributed by atoms with Gasteiger partial charge in [0.05, 0.1) is 16.5 Å². The lowest BCUT2D eigenvalue weighted by Crippen LogP contribution is -1.99. The van der Waals surface area contributed by atoms with E-state index in [0.717, 1.165) is 16.3 Å². The summed E-state index contributed by atoms with van der Waals surface area (Å²) in [6.07, 6.45) is 0. The summed E-state index contributed by atoms with van der Waals surface area (Å²) in [7, 11) is 0. The van der Waals surface area contributed by atoms with E-state index in [9.17, 15) is 4.79 Å². The SMILES string of the molecule is CCOc1cccc(-c2sc(C)nc2C(=O)O)c1. The van der Waals surface area contributed by atoms with Gasteiger partial charge in [0.2, 0.25) is 0 Å². The van der Waals surface area contributed by atoms with Crippen molar-refractivity contribution < 1.29 is 14.6 Å². The van der Waals surface area contributed by atoms with Crippen molar-refractivity contribution in [1.82, 2.24) is 4.98 Å². The molecule has 0 aliphatic heterocycles. The van der Waals surface area contributed by atoms with Crippen molar-refractivity contribution >= 4 is 17.3 Å². The maximum absolute atomic E-state index is 11.1. The van der Waals surface area contributed by atoms with Gasteiger partial charge >= 0.3 is 5.97 Å². The molecule has 1 aromatic heterocycles. The number of aromatic carboxylic acids is 1. The van der Waals surface area contributed by atoms with Crippen LogP contribution in [0.1, 0.15) is 22.4 Å². The van der Waals surface area contributed by atoms with E-state index in [0.29, 0.717) is 11.5 Å². The highest BCUT2D eigenvalue weighted by Gasteiger charge is 2.17. The molecule has 2 aromatic rings.